The number of amides is 3. The Morgan fingerprint density at radius 1 is 1.11 bits per heavy atom. The number of thioether (sulfide) groups is 1. The van der Waals surface area contributed by atoms with Crippen molar-refractivity contribution in [2.24, 2.45) is 21.6 Å². The van der Waals surface area contributed by atoms with Crippen LogP contribution in [-0.4, -0.2) is 92.5 Å². The third kappa shape index (κ3) is 7.51. The number of hydrogen-bond acceptors (Lipinski definition) is 11. The van der Waals surface area contributed by atoms with Gasteiger partial charge in [-0.3, -0.25) is 34.3 Å². The molecule has 3 amide bonds. The largest absolute Gasteiger partial charge is 0.404 e. The molecule has 5 aliphatic heterocycles. The smallest absolute Gasteiger partial charge is 0.255 e. The van der Waals surface area contributed by atoms with Crippen LogP contribution in [0.25, 0.3) is 0 Å². The predicted octanol–water partition coefficient (Wildman–Crippen LogP) is 4.63. The molecular formula is C41H43ClN10O3S. The van der Waals surface area contributed by atoms with Crippen LogP contribution in [0.3, 0.4) is 0 Å². The molecule has 2 fully saturated rings. The van der Waals surface area contributed by atoms with Crippen molar-refractivity contribution in [2.45, 2.75) is 70.1 Å². The summed E-state index contributed by atoms with van der Waals surface area (Å²) in [4.78, 5) is 52.1. The minimum absolute atomic E-state index is 0.00667. The summed E-state index contributed by atoms with van der Waals surface area (Å²) in [6, 6.07) is 13.2. The van der Waals surface area contributed by atoms with Crippen LogP contribution in [0.2, 0.25) is 5.02 Å². The lowest BCUT2D eigenvalue weighted by molar-refractivity contribution is -0.136. The van der Waals surface area contributed by atoms with E-state index in [1.165, 1.54) is 6.20 Å². The summed E-state index contributed by atoms with van der Waals surface area (Å²) < 4.78 is 2.19. The van der Waals surface area contributed by atoms with Gasteiger partial charge in [0, 0.05) is 72.9 Å². The number of nitrogens with two attached hydrogens (primary N) is 1. The molecule has 13 nitrogen and oxygen atoms in total. The standard InChI is InChI=1S/C41H43ClN10O3S/c1-24-34(56-41-37(24)38(27-7-9-28(42)10-8-27)45-22-35-49-48-25(2)52(35)41)12-6-26(20-43)21-44-16-19-50-17-14-29(15-18-50)46-32-5-3-4-30-31(32)23-51(40(30)55)33-11-13-36(53)47-39(33)54/h3-5,7-10,20-21,29,33,37,41,46H,11,13-19,22-23,43H2,1-2H3,(H,47,53,54). The van der Waals surface area contributed by atoms with Crippen molar-refractivity contribution in [3.63, 3.8) is 0 Å². The van der Waals surface area contributed by atoms with Gasteiger partial charge >= 0.3 is 0 Å². The number of likely N-dealkylation sites (tertiary alicyclic amines) is 1. The van der Waals surface area contributed by atoms with Gasteiger partial charge in [-0.05, 0) is 68.5 Å². The molecule has 3 unspecified atom stereocenters. The van der Waals surface area contributed by atoms with Gasteiger partial charge in [-0.1, -0.05) is 53.4 Å². The van der Waals surface area contributed by atoms with Crippen molar-refractivity contribution in [3.05, 3.63) is 98.1 Å². The second-order valence-corrected chi connectivity index (χ2v) is 16.2. The van der Waals surface area contributed by atoms with Gasteiger partial charge in [0.2, 0.25) is 11.8 Å². The number of benzene rings is 2. The summed E-state index contributed by atoms with van der Waals surface area (Å²) in [7, 11) is 0. The summed E-state index contributed by atoms with van der Waals surface area (Å²) in [5.41, 5.74) is 12.3. The van der Waals surface area contributed by atoms with Crippen molar-refractivity contribution in [3.8, 4) is 11.8 Å². The Labute approximate surface area is 334 Å². The van der Waals surface area contributed by atoms with Gasteiger partial charge in [-0.2, -0.15) is 0 Å². The summed E-state index contributed by atoms with van der Waals surface area (Å²) in [5, 5.41) is 15.5. The van der Waals surface area contributed by atoms with Crippen LogP contribution < -0.4 is 16.4 Å². The van der Waals surface area contributed by atoms with E-state index in [4.69, 9.17) is 22.3 Å². The van der Waals surface area contributed by atoms with E-state index in [0.717, 1.165) is 77.1 Å². The third-order valence-corrected chi connectivity index (χ3v) is 12.8. The zero-order valence-corrected chi connectivity index (χ0v) is 32.9. The molecule has 0 spiro atoms. The van der Waals surface area contributed by atoms with Gasteiger partial charge in [-0.25, -0.2) is 0 Å². The monoisotopic (exact) mass is 790 g/mol. The Morgan fingerprint density at radius 2 is 1.91 bits per heavy atom. The number of nitrogens with one attached hydrogen (secondary N) is 2. The van der Waals surface area contributed by atoms with E-state index in [1.54, 1.807) is 22.9 Å². The normalized spacial score (nSPS) is 23.0. The van der Waals surface area contributed by atoms with Crippen molar-refractivity contribution in [1.29, 1.82) is 0 Å². The van der Waals surface area contributed by atoms with Crippen LogP contribution in [0.1, 0.15) is 71.1 Å². The maximum atomic E-state index is 13.3. The van der Waals surface area contributed by atoms with Crippen LogP contribution >= 0.6 is 23.4 Å². The molecule has 0 radical (unpaired) electrons. The lowest BCUT2D eigenvalue weighted by Gasteiger charge is -2.33. The molecule has 2 aromatic carbocycles. The average Bonchev–Trinajstić information content (AvgIpc) is 3.80. The molecule has 0 bridgehead atoms. The number of fused-ring (bicyclic) bond motifs is 4. The molecule has 15 heteroatoms. The summed E-state index contributed by atoms with van der Waals surface area (Å²) >= 11 is 7.93. The van der Waals surface area contributed by atoms with E-state index in [0.29, 0.717) is 42.2 Å². The Kier molecular flexibility index (Phi) is 10.8. The van der Waals surface area contributed by atoms with E-state index in [2.05, 4.69) is 54.1 Å². The number of hydrogen-bond donors (Lipinski definition) is 3. The first-order valence-electron chi connectivity index (χ1n) is 19.0. The molecule has 56 heavy (non-hydrogen) atoms. The van der Waals surface area contributed by atoms with Crippen LogP contribution in [0.5, 0.6) is 0 Å². The summed E-state index contributed by atoms with van der Waals surface area (Å²) in [6.45, 7) is 8.20. The van der Waals surface area contributed by atoms with E-state index in [1.807, 2.05) is 49.4 Å². The van der Waals surface area contributed by atoms with E-state index >= 15 is 0 Å². The second-order valence-electron chi connectivity index (χ2n) is 14.6. The Balaban J connectivity index is 0.853. The number of aromatic nitrogens is 3. The highest BCUT2D eigenvalue weighted by Gasteiger charge is 2.42. The number of aliphatic imine (C=N–C) groups is 2. The Bertz CT molecular complexity index is 2260. The molecule has 3 aromatic rings. The minimum Gasteiger partial charge on any atom is -0.404 e. The highest BCUT2D eigenvalue weighted by Crippen LogP contribution is 2.51. The molecule has 3 atom stereocenters. The Hall–Kier alpha value is -5.23. The van der Waals surface area contributed by atoms with Gasteiger partial charge in [0.05, 0.1) is 40.6 Å². The lowest BCUT2D eigenvalue weighted by Crippen LogP contribution is -2.52. The molecule has 5 aliphatic rings. The molecule has 4 N–H and O–H groups in total. The van der Waals surface area contributed by atoms with E-state index < -0.39 is 11.9 Å². The van der Waals surface area contributed by atoms with Crippen molar-refractivity contribution >= 4 is 58.7 Å². The number of rotatable bonds is 8. The molecule has 8 rings (SSSR count). The van der Waals surface area contributed by atoms with E-state index in [-0.39, 0.29) is 35.6 Å². The second kappa shape index (κ2) is 16.1. The Morgan fingerprint density at radius 3 is 2.68 bits per heavy atom. The van der Waals surface area contributed by atoms with Crippen LogP contribution in [0.15, 0.2) is 74.7 Å². The highest BCUT2D eigenvalue weighted by atomic mass is 35.5. The van der Waals surface area contributed by atoms with Crippen molar-refractivity contribution in [2.75, 3.05) is 31.5 Å². The number of carbonyl (C=O) groups is 3. The van der Waals surface area contributed by atoms with Crippen molar-refractivity contribution in [1.82, 2.24) is 29.9 Å². The first-order chi connectivity index (χ1) is 27.2. The number of aryl methyl sites for hydroxylation is 1. The number of carbonyl (C=O) groups excluding carboxylic acids is 3. The molecule has 6 heterocycles. The summed E-state index contributed by atoms with van der Waals surface area (Å²) in [6.07, 6.45) is 5.74. The number of nitrogens with zero attached hydrogens (tertiary/aromatic N) is 7. The fourth-order valence-corrected chi connectivity index (χ4v) is 9.79. The zero-order valence-electron chi connectivity index (χ0n) is 31.3. The van der Waals surface area contributed by atoms with Crippen LogP contribution in [-0.2, 0) is 22.7 Å². The quantitative estimate of drug-likeness (QED) is 0.168. The number of halogens is 1. The first-order valence-corrected chi connectivity index (χ1v) is 20.2. The average molecular weight is 791 g/mol. The van der Waals surface area contributed by atoms with Crippen LogP contribution in [0, 0.1) is 24.7 Å². The SMILES string of the molecule is CC1=C(C#CC(C=NCCN2CCC(Nc3cccc4c3CN(C3CCC(=O)NC3=O)C4=O)CC2)=CN)SC2C1C(c1ccc(Cl)cc1)=NCc1nnc(C)n12. The third-order valence-electron chi connectivity index (χ3n) is 11.2. The molecule has 2 saturated heterocycles. The van der Waals surface area contributed by atoms with E-state index in [9.17, 15) is 14.4 Å². The lowest BCUT2D eigenvalue weighted by atomic mass is 9.89. The topological polar surface area (TPSA) is 163 Å². The molecule has 288 valence electrons. The summed E-state index contributed by atoms with van der Waals surface area (Å²) in [5.74, 6) is 7.48. The number of anilines is 1. The van der Waals surface area contributed by atoms with Crippen LogP contribution in [0.4, 0.5) is 5.69 Å². The first kappa shape index (κ1) is 37.7. The molecular weight excluding hydrogens is 748 g/mol. The maximum Gasteiger partial charge on any atom is 0.255 e. The number of imide groups is 1. The van der Waals surface area contributed by atoms with Gasteiger partial charge < -0.3 is 20.9 Å². The fraction of sp³-hybridized carbons (Fsp3) is 0.390. The van der Waals surface area contributed by atoms with Gasteiger partial charge in [0.25, 0.3) is 5.91 Å². The highest BCUT2D eigenvalue weighted by molar-refractivity contribution is 8.03. The van der Waals surface area contributed by atoms with Gasteiger partial charge in [0.15, 0.2) is 5.82 Å². The molecule has 1 aromatic heterocycles. The molecule has 0 saturated carbocycles. The fourth-order valence-electron chi connectivity index (χ4n) is 8.15. The maximum absolute atomic E-state index is 13.3. The molecule has 0 aliphatic carbocycles. The predicted molar refractivity (Wildman–Crippen MR) is 218 cm³/mol. The number of allylic oxidation sites excluding steroid dienone is 3. The van der Waals surface area contributed by atoms with Gasteiger partial charge in [0.1, 0.15) is 11.9 Å². The zero-order chi connectivity index (χ0) is 38.9. The van der Waals surface area contributed by atoms with Crippen molar-refractivity contribution < 1.29 is 14.4 Å². The minimum atomic E-state index is -0.628. The number of piperidine rings is 2. The van der Waals surface area contributed by atoms with Gasteiger partial charge in [-0.15, -0.1) is 10.2 Å².